The van der Waals surface area contributed by atoms with Gasteiger partial charge in [-0.25, -0.2) is 9.97 Å². The van der Waals surface area contributed by atoms with E-state index in [0.29, 0.717) is 23.3 Å². The lowest BCUT2D eigenvalue weighted by Gasteiger charge is -2.08. The SMILES string of the molecule is Clc1cc(NCCn2cccn2)nc(-c2ccccc2)n1. The molecule has 0 spiro atoms. The van der Waals surface area contributed by atoms with Gasteiger partial charge in [0.1, 0.15) is 11.0 Å². The predicted molar refractivity (Wildman–Crippen MR) is 83.2 cm³/mol. The van der Waals surface area contributed by atoms with Crippen LogP contribution in [0.25, 0.3) is 11.4 Å². The summed E-state index contributed by atoms with van der Waals surface area (Å²) >= 11 is 6.07. The van der Waals surface area contributed by atoms with Crippen LogP contribution in [0, 0.1) is 0 Å². The molecule has 0 aliphatic heterocycles. The summed E-state index contributed by atoms with van der Waals surface area (Å²) < 4.78 is 1.86. The Morgan fingerprint density at radius 1 is 1.10 bits per heavy atom. The number of benzene rings is 1. The van der Waals surface area contributed by atoms with Crippen molar-refractivity contribution in [2.45, 2.75) is 6.54 Å². The minimum absolute atomic E-state index is 0.422. The average Bonchev–Trinajstić information content (AvgIpc) is 3.01. The zero-order valence-electron chi connectivity index (χ0n) is 11.3. The predicted octanol–water partition coefficient (Wildman–Crippen LogP) is 3.11. The van der Waals surface area contributed by atoms with Crippen molar-refractivity contribution < 1.29 is 0 Å². The Morgan fingerprint density at radius 3 is 2.71 bits per heavy atom. The van der Waals surface area contributed by atoms with Gasteiger partial charge in [0, 0.05) is 30.6 Å². The van der Waals surface area contributed by atoms with Gasteiger partial charge in [-0.3, -0.25) is 4.68 Å². The average molecular weight is 300 g/mol. The maximum absolute atomic E-state index is 6.07. The van der Waals surface area contributed by atoms with Crippen molar-refractivity contribution in [1.29, 1.82) is 0 Å². The zero-order valence-corrected chi connectivity index (χ0v) is 12.0. The van der Waals surface area contributed by atoms with Gasteiger partial charge in [-0.15, -0.1) is 0 Å². The van der Waals surface area contributed by atoms with Crippen LogP contribution in [0.5, 0.6) is 0 Å². The van der Waals surface area contributed by atoms with Crippen LogP contribution in [0.15, 0.2) is 54.9 Å². The number of aromatic nitrogens is 4. The molecule has 0 aliphatic carbocycles. The number of anilines is 1. The van der Waals surface area contributed by atoms with Crippen molar-refractivity contribution in [2.24, 2.45) is 0 Å². The maximum Gasteiger partial charge on any atom is 0.163 e. The van der Waals surface area contributed by atoms with Gasteiger partial charge in [0.2, 0.25) is 0 Å². The highest BCUT2D eigenvalue weighted by Crippen LogP contribution is 2.19. The van der Waals surface area contributed by atoms with Gasteiger partial charge < -0.3 is 5.32 Å². The van der Waals surface area contributed by atoms with Crippen molar-refractivity contribution >= 4 is 17.4 Å². The molecular weight excluding hydrogens is 286 g/mol. The molecule has 106 valence electrons. The first-order valence-electron chi connectivity index (χ1n) is 6.62. The molecule has 0 amide bonds. The topological polar surface area (TPSA) is 55.6 Å². The molecule has 0 saturated heterocycles. The molecular formula is C15H14ClN5. The third kappa shape index (κ3) is 3.58. The van der Waals surface area contributed by atoms with Crippen LogP contribution < -0.4 is 5.32 Å². The molecule has 2 heterocycles. The van der Waals surface area contributed by atoms with Gasteiger partial charge in [-0.1, -0.05) is 41.9 Å². The Hall–Kier alpha value is -2.40. The number of rotatable bonds is 5. The van der Waals surface area contributed by atoms with Crippen LogP contribution in [-0.4, -0.2) is 26.3 Å². The minimum atomic E-state index is 0.422. The molecule has 3 aromatic rings. The lowest BCUT2D eigenvalue weighted by Crippen LogP contribution is -2.12. The summed E-state index contributed by atoms with van der Waals surface area (Å²) in [5, 5.41) is 7.81. The van der Waals surface area contributed by atoms with E-state index in [1.807, 2.05) is 47.3 Å². The molecule has 0 radical (unpaired) electrons. The van der Waals surface area contributed by atoms with Crippen molar-refractivity contribution in [2.75, 3.05) is 11.9 Å². The van der Waals surface area contributed by atoms with Crippen molar-refractivity contribution in [3.8, 4) is 11.4 Å². The largest absolute Gasteiger partial charge is 0.368 e. The van der Waals surface area contributed by atoms with Gasteiger partial charge in [0.25, 0.3) is 0 Å². The van der Waals surface area contributed by atoms with E-state index in [9.17, 15) is 0 Å². The van der Waals surface area contributed by atoms with E-state index in [1.165, 1.54) is 0 Å². The van der Waals surface area contributed by atoms with Gasteiger partial charge in [-0.05, 0) is 6.07 Å². The molecule has 5 nitrogen and oxygen atoms in total. The van der Waals surface area contributed by atoms with E-state index < -0.39 is 0 Å². The third-order valence-electron chi connectivity index (χ3n) is 2.93. The molecule has 1 aromatic carbocycles. The normalized spacial score (nSPS) is 10.5. The van der Waals surface area contributed by atoms with Crippen LogP contribution >= 0.6 is 11.6 Å². The number of hydrogen-bond acceptors (Lipinski definition) is 4. The first-order chi connectivity index (χ1) is 10.3. The van der Waals surface area contributed by atoms with E-state index >= 15 is 0 Å². The van der Waals surface area contributed by atoms with Gasteiger partial charge in [-0.2, -0.15) is 5.10 Å². The Balaban J connectivity index is 1.72. The highest BCUT2D eigenvalue weighted by atomic mass is 35.5. The highest BCUT2D eigenvalue weighted by molar-refractivity contribution is 6.29. The molecule has 1 N–H and O–H groups in total. The van der Waals surface area contributed by atoms with E-state index in [4.69, 9.17) is 11.6 Å². The van der Waals surface area contributed by atoms with E-state index in [2.05, 4.69) is 20.4 Å². The lowest BCUT2D eigenvalue weighted by molar-refractivity contribution is 0.637. The molecule has 2 aromatic heterocycles. The summed E-state index contributed by atoms with van der Waals surface area (Å²) in [5.74, 6) is 1.32. The molecule has 0 aliphatic rings. The Bertz CT molecular complexity index is 697. The van der Waals surface area contributed by atoms with Crippen molar-refractivity contribution in [3.05, 3.63) is 60.0 Å². The molecule has 0 atom stereocenters. The number of hydrogen-bond donors (Lipinski definition) is 1. The standard InChI is InChI=1S/C15H14ClN5/c16-13-11-14(17-8-10-21-9-4-7-18-21)20-15(19-13)12-5-2-1-3-6-12/h1-7,9,11H,8,10H2,(H,17,19,20). The lowest BCUT2D eigenvalue weighted by atomic mass is 10.2. The van der Waals surface area contributed by atoms with Crippen LogP contribution in [0.4, 0.5) is 5.82 Å². The molecule has 0 saturated carbocycles. The highest BCUT2D eigenvalue weighted by Gasteiger charge is 2.05. The fourth-order valence-corrected chi connectivity index (χ4v) is 2.14. The van der Waals surface area contributed by atoms with Crippen molar-refractivity contribution in [1.82, 2.24) is 19.7 Å². The number of halogens is 1. The summed E-state index contributed by atoms with van der Waals surface area (Å²) in [4.78, 5) is 8.75. The Labute approximate surface area is 127 Å². The number of nitrogens with one attached hydrogen (secondary N) is 1. The molecule has 0 fully saturated rings. The second-order valence-corrected chi connectivity index (χ2v) is 4.85. The molecule has 6 heteroatoms. The summed E-state index contributed by atoms with van der Waals surface area (Å²) in [6, 6.07) is 13.4. The smallest absolute Gasteiger partial charge is 0.163 e. The van der Waals surface area contributed by atoms with E-state index in [0.717, 1.165) is 12.1 Å². The Kier molecular flexibility index (Phi) is 4.12. The van der Waals surface area contributed by atoms with E-state index in [1.54, 1.807) is 12.3 Å². The fourth-order valence-electron chi connectivity index (χ4n) is 1.96. The Morgan fingerprint density at radius 2 is 1.95 bits per heavy atom. The second-order valence-electron chi connectivity index (χ2n) is 4.46. The van der Waals surface area contributed by atoms with Gasteiger partial charge in [0.05, 0.1) is 6.54 Å². The first kappa shape index (κ1) is 13.6. The maximum atomic E-state index is 6.07. The fraction of sp³-hybridized carbons (Fsp3) is 0.133. The monoisotopic (exact) mass is 299 g/mol. The third-order valence-corrected chi connectivity index (χ3v) is 3.13. The first-order valence-corrected chi connectivity index (χ1v) is 7.00. The van der Waals surface area contributed by atoms with Gasteiger partial charge in [0.15, 0.2) is 5.82 Å². The second kappa shape index (κ2) is 6.37. The van der Waals surface area contributed by atoms with E-state index in [-0.39, 0.29) is 0 Å². The van der Waals surface area contributed by atoms with Crippen LogP contribution in [0.2, 0.25) is 5.15 Å². The quantitative estimate of drug-likeness (QED) is 0.736. The molecule has 21 heavy (non-hydrogen) atoms. The van der Waals surface area contributed by atoms with Crippen molar-refractivity contribution in [3.63, 3.8) is 0 Å². The molecule has 0 unspecified atom stereocenters. The summed E-state index contributed by atoms with van der Waals surface area (Å²) in [6.45, 7) is 1.47. The van der Waals surface area contributed by atoms with Crippen LogP contribution in [0.3, 0.4) is 0 Å². The minimum Gasteiger partial charge on any atom is -0.368 e. The van der Waals surface area contributed by atoms with Crippen LogP contribution in [0.1, 0.15) is 0 Å². The summed E-state index contributed by atoms with van der Waals surface area (Å²) in [6.07, 6.45) is 3.68. The molecule has 3 rings (SSSR count). The summed E-state index contributed by atoms with van der Waals surface area (Å²) in [5.41, 5.74) is 0.940. The van der Waals surface area contributed by atoms with Crippen LogP contribution in [-0.2, 0) is 6.54 Å². The summed E-state index contributed by atoms with van der Waals surface area (Å²) in [7, 11) is 0. The van der Waals surface area contributed by atoms with Gasteiger partial charge >= 0.3 is 0 Å². The molecule has 0 bridgehead atoms. The zero-order chi connectivity index (χ0) is 14.5. The number of nitrogens with zero attached hydrogens (tertiary/aromatic N) is 4.